The van der Waals surface area contributed by atoms with Gasteiger partial charge in [-0.25, -0.2) is 0 Å². The first kappa shape index (κ1) is 10.9. The van der Waals surface area contributed by atoms with Gasteiger partial charge in [0.05, 0.1) is 11.7 Å². The first-order valence-corrected chi connectivity index (χ1v) is 5.64. The summed E-state index contributed by atoms with van der Waals surface area (Å²) in [5, 5.41) is 8.92. The molecule has 0 aliphatic carbocycles. The monoisotopic (exact) mass is 218 g/mol. The van der Waals surface area contributed by atoms with Crippen molar-refractivity contribution in [3.8, 4) is 0 Å². The van der Waals surface area contributed by atoms with Crippen LogP contribution in [0.15, 0.2) is 12.4 Å². The van der Waals surface area contributed by atoms with E-state index in [1.54, 1.807) is 6.20 Å². The predicted octanol–water partition coefficient (Wildman–Crippen LogP) is 2.72. The molecule has 4 heteroatoms. The van der Waals surface area contributed by atoms with E-state index in [1.807, 2.05) is 0 Å². The Morgan fingerprint density at radius 2 is 1.94 bits per heavy atom. The summed E-state index contributed by atoms with van der Waals surface area (Å²) < 4.78 is 2.20. The summed E-state index contributed by atoms with van der Waals surface area (Å²) in [7, 11) is 0. The molecule has 0 aliphatic rings. The maximum Gasteiger partial charge on any atom is 0.155 e. The number of nitrogen functional groups attached to an aromatic ring is 1. The average molecular weight is 218 g/mol. The molecule has 0 bridgehead atoms. The Balaban J connectivity index is 2.82. The normalized spacial score (nSPS) is 11.9. The molecule has 0 spiro atoms. The van der Waals surface area contributed by atoms with E-state index in [-0.39, 0.29) is 0 Å². The van der Waals surface area contributed by atoms with Gasteiger partial charge in [-0.3, -0.25) is 0 Å². The summed E-state index contributed by atoms with van der Waals surface area (Å²) in [6.07, 6.45) is 3.96. The van der Waals surface area contributed by atoms with Gasteiger partial charge in [0, 0.05) is 17.6 Å². The fraction of sp³-hybridized carbons (Fsp3) is 0.500. The zero-order chi connectivity index (χ0) is 11.9. The molecule has 2 N–H and O–H groups in total. The van der Waals surface area contributed by atoms with Gasteiger partial charge in [-0.05, 0) is 25.3 Å². The lowest BCUT2D eigenvalue weighted by molar-refractivity contribution is 0.618. The van der Waals surface area contributed by atoms with Crippen LogP contribution in [0.4, 0.5) is 5.82 Å². The molecule has 0 atom stereocenters. The van der Waals surface area contributed by atoms with E-state index < -0.39 is 0 Å². The lowest BCUT2D eigenvalue weighted by atomic mass is 10.0. The van der Waals surface area contributed by atoms with E-state index in [1.165, 1.54) is 5.56 Å². The van der Waals surface area contributed by atoms with Crippen molar-refractivity contribution in [3.63, 3.8) is 0 Å². The fourth-order valence-electron chi connectivity index (χ4n) is 2.03. The Morgan fingerprint density at radius 3 is 2.50 bits per heavy atom. The summed E-state index contributed by atoms with van der Waals surface area (Å²) in [4.78, 5) is 0. The Morgan fingerprint density at radius 1 is 1.25 bits per heavy atom. The van der Waals surface area contributed by atoms with E-state index in [0.29, 0.717) is 17.8 Å². The van der Waals surface area contributed by atoms with Crippen LogP contribution >= 0.6 is 0 Å². The van der Waals surface area contributed by atoms with Gasteiger partial charge in [0.25, 0.3) is 0 Å². The molecule has 0 saturated carbocycles. The number of rotatable bonds is 2. The molecule has 2 aromatic rings. The SMILES string of the molecule is CC(C)c1cn(C(C)C)c2cnnc(N)c12. The van der Waals surface area contributed by atoms with Crippen LogP contribution in [-0.4, -0.2) is 14.8 Å². The Bertz CT molecular complexity index is 511. The maximum absolute atomic E-state index is 5.92. The van der Waals surface area contributed by atoms with Crippen molar-refractivity contribution in [2.75, 3.05) is 5.73 Å². The molecule has 2 heterocycles. The van der Waals surface area contributed by atoms with Gasteiger partial charge in [-0.1, -0.05) is 13.8 Å². The number of hydrogen-bond donors (Lipinski definition) is 1. The molecule has 0 saturated heterocycles. The maximum atomic E-state index is 5.92. The number of hydrogen-bond acceptors (Lipinski definition) is 3. The first-order valence-electron chi connectivity index (χ1n) is 5.64. The van der Waals surface area contributed by atoms with Crippen LogP contribution in [0.5, 0.6) is 0 Å². The molecule has 0 fully saturated rings. The lowest BCUT2D eigenvalue weighted by Gasteiger charge is -2.08. The highest BCUT2D eigenvalue weighted by Crippen LogP contribution is 2.31. The largest absolute Gasteiger partial charge is 0.382 e. The van der Waals surface area contributed by atoms with Gasteiger partial charge in [0.15, 0.2) is 5.82 Å². The number of nitrogens with zero attached hydrogens (tertiary/aromatic N) is 3. The van der Waals surface area contributed by atoms with Crippen molar-refractivity contribution >= 4 is 16.7 Å². The van der Waals surface area contributed by atoms with Gasteiger partial charge in [-0.2, -0.15) is 5.10 Å². The molecule has 0 amide bonds. The molecular formula is C12H18N4. The van der Waals surface area contributed by atoms with Gasteiger partial charge in [0.2, 0.25) is 0 Å². The smallest absolute Gasteiger partial charge is 0.155 e. The van der Waals surface area contributed by atoms with Gasteiger partial charge < -0.3 is 10.3 Å². The summed E-state index contributed by atoms with van der Waals surface area (Å²) in [6.45, 7) is 8.64. The van der Waals surface area contributed by atoms with Gasteiger partial charge >= 0.3 is 0 Å². The van der Waals surface area contributed by atoms with Crippen molar-refractivity contribution in [2.45, 2.75) is 39.7 Å². The first-order chi connectivity index (χ1) is 7.52. The van der Waals surface area contributed by atoms with Crippen LogP contribution in [0.1, 0.15) is 45.2 Å². The van der Waals surface area contributed by atoms with Crippen LogP contribution < -0.4 is 5.73 Å². The number of anilines is 1. The van der Waals surface area contributed by atoms with Crippen LogP contribution in [0.3, 0.4) is 0 Å². The Hall–Kier alpha value is -1.58. The van der Waals surface area contributed by atoms with Crippen molar-refractivity contribution in [3.05, 3.63) is 18.0 Å². The van der Waals surface area contributed by atoms with Crippen molar-refractivity contribution in [1.82, 2.24) is 14.8 Å². The number of aromatic nitrogens is 3. The molecule has 4 nitrogen and oxygen atoms in total. The van der Waals surface area contributed by atoms with Crippen LogP contribution in [0.2, 0.25) is 0 Å². The molecule has 0 aromatic carbocycles. The topological polar surface area (TPSA) is 56.7 Å². The van der Waals surface area contributed by atoms with Crippen molar-refractivity contribution in [2.24, 2.45) is 0 Å². The summed E-state index contributed by atoms with van der Waals surface area (Å²) in [5.74, 6) is 0.967. The van der Waals surface area contributed by atoms with E-state index >= 15 is 0 Å². The second kappa shape index (κ2) is 3.77. The van der Waals surface area contributed by atoms with E-state index in [2.05, 4.69) is 48.7 Å². The highest BCUT2D eigenvalue weighted by molar-refractivity contribution is 5.92. The molecule has 2 rings (SSSR count). The molecule has 0 radical (unpaired) electrons. The van der Waals surface area contributed by atoms with Crippen LogP contribution in [0, 0.1) is 0 Å². The van der Waals surface area contributed by atoms with E-state index in [9.17, 15) is 0 Å². The minimum absolute atomic E-state index is 0.401. The van der Waals surface area contributed by atoms with Gasteiger partial charge in [0.1, 0.15) is 0 Å². The number of fused-ring (bicyclic) bond motifs is 1. The molecule has 86 valence electrons. The lowest BCUT2D eigenvalue weighted by Crippen LogP contribution is -2.00. The highest BCUT2D eigenvalue weighted by Gasteiger charge is 2.16. The second-order valence-electron chi connectivity index (χ2n) is 4.73. The van der Waals surface area contributed by atoms with E-state index in [4.69, 9.17) is 5.73 Å². The zero-order valence-corrected chi connectivity index (χ0v) is 10.2. The predicted molar refractivity (Wildman–Crippen MR) is 66.4 cm³/mol. The quantitative estimate of drug-likeness (QED) is 0.843. The van der Waals surface area contributed by atoms with Crippen molar-refractivity contribution < 1.29 is 0 Å². The molecule has 2 aromatic heterocycles. The summed E-state index contributed by atoms with van der Waals surface area (Å²) >= 11 is 0. The summed E-state index contributed by atoms with van der Waals surface area (Å²) in [5.41, 5.74) is 8.24. The standard InChI is InChI=1S/C12H18N4/c1-7(2)9-6-16(8(3)4)10-5-14-15-12(13)11(9)10/h5-8H,1-4H3,(H2,13,15). The minimum atomic E-state index is 0.401. The second-order valence-corrected chi connectivity index (χ2v) is 4.73. The van der Waals surface area contributed by atoms with Crippen molar-refractivity contribution in [1.29, 1.82) is 0 Å². The highest BCUT2D eigenvalue weighted by atomic mass is 15.1. The zero-order valence-electron chi connectivity index (χ0n) is 10.2. The van der Waals surface area contributed by atoms with Gasteiger partial charge in [-0.15, -0.1) is 5.10 Å². The molecule has 16 heavy (non-hydrogen) atoms. The molecule has 0 aliphatic heterocycles. The third-order valence-electron chi connectivity index (χ3n) is 2.88. The number of nitrogens with two attached hydrogens (primary N) is 1. The third kappa shape index (κ3) is 1.54. The molecular weight excluding hydrogens is 200 g/mol. The Kier molecular flexibility index (Phi) is 2.58. The van der Waals surface area contributed by atoms with E-state index in [0.717, 1.165) is 10.9 Å². The Labute approximate surface area is 95.5 Å². The summed E-state index contributed by atoms with van der Waals surface area (Å²) in [6, 6.07) is 0.401. The molecule has 0 unspecified atom stereocenters. The van der Waals surface area contributed by atoms with Crippen LogP contribution in [-0.2, 0) is 0 Å². The minimum Gasteiger partial charge on any atom is -0.382 e. The third-order valence-corrected chi connectivity index (χ3v) is 2.88. The average Bonchev–Trinajstić information content (AvgIpc) is 2.58. The fourth-order valence-corrected chi connectivity index (χ4v) is 2.03. The van der Waals surface area contributed by atoms with Crippen LogP contribution in [0.25, 0.3) is 10.9 Å².